The van der Waals surface area contributed by atoms with Crippen molar-refractivity contribution in [1.29, 1.82) is 0 Å². The summed E-state index contributed by atoms with van der Waals surface area (Å²) in [5.41, 5.74) is 1.75. The van der Waals surface area contributed by atoms with E-state index in [1.807, 2.05) is 54.6 Å². The highest BCUT2D eigenvalue weighted by Crippen LogP contribution is 2.16. The molecule has 3 rings (SSSR count). The lowest BCUT2D eigenvalue weighted by atomic mass is 10.1. The Balaban J connectivity index is 1.85. The van der Waals surface area contributed by atoms with Crippen LogP contribution in [0.4, 0.5) is 0 Å². The molecule has 0 aliphatic carbocycles. The van der Waals surface area contributed by atoms with Gasteiger partial charge in [0.15, 0.2) is 5.78 Å². The fourth-order valence-corrected chi connectivity index (χ4v) is 2.18. The topological polar surface area (TPSA) is 17.1 Å². The molecule has 3 aromatic rings. The first-order valence-electron chi connectivity index (χ1n) is 6.59. The number of benzene rings is 3. The van der Waals surface area contributed by atoms with E-state index in [2.05, 4.69) is 24.3 Å². The lowest BCUT2D eigenvalue weighted by Gasteiger charge is -1.99. The summed E-state index contributed by atoms with van der Waals surface area (Å²) in [5, 5.41) is 2.39. The van der Waals surface area contributed by atoms with Crippen LogP contribution >= 0.6 is 0 Å². The summed E-state index contributed by atoms with van der Waals surface area (Å²) < 4.78 is 0. The normalized spacial score (nSPS) is 11.0. The van der Waals surface area contributed by atoms with E-state index in [4.69, 9.17) is 0 Å². The van der Waals surface area contributed by atoms with E-state index in [1.165, 1.54) is 10.8 Å². The van der Waals surface area contributed by atoms with Crippen LogP contribution < -0.4 is 0 Å². The molecule has 0 saturated heterocycles. The summed E-state index contributed by atoms with van der Waals surface area (Å²) in [6.45, 7) is 0. The molecule has 0 amide bonds. The van der Waals surface area contributed by atoms with E-state index in [9.17, 15) is 4.79 Å². The first kappa shape index (κ1) is 12.4. The Morgan fingerprint density at radius 3 is 2.25 bits per heavy atom. The van der Waals surface area contributed by atoms with Crippen LogP contribution in [-0.2, 0) is 0 Å². The van der Waals surface area contributed by atoms with E-state index in [0.29, 0.717) is 5.56 Å². The van der Waals surface area contributed by atoms with Crippen molar-refractivity contribution in [3.05, 3.63) is 90.0 Å². The average molecular weight is 258 g/mol. The quantitative estimate of drug-likeness (QED) is 0.490. The van der Waals surface area contributed by atoms with Gasteiger partial charge in [0.1, 0.15) is 0 Å². The van der Waals surface area contributed by atoms with Crippen molar-refractivity contribution < 1.29 is 4.79 Å². The molecule has 0 fully saturated rings. The molecule has 3 aromatic carbocycles. The van der Waals surface area contributed by atoms with Crippen molar-refractivity contribution in [2.75, 3.05) is 0 Å². The van der Waals surface area contributed by atoms with Crippen LogP contribution in [0.3, 0.4) is 0 Å². The molecular weight excluding hydrogens is 244 g/mol. The lowest BCUT2D eigenvalue weighted by Crippen LogP contribution is -1.92. The second-order valence-corrected chi connectivity index (χ2v) is 4.67. The molecule has 0 aliphatic rings. The van der Waals surface area contributed by atoms with Crippen molar-refractivity contribution in [2.24, 2.45) is 0 Å². The Hall–Kier alpha value is -2.67. The van der Waals surface area contributed by atoms with E-state index in [-0.39, 0.29) is 5.78 Å². The zero-order valence-electron chi connectivity index (χ0n) is 11.0. The maximum atomic E-state index is 12.0. The number of carbonyl (C=O) groups excluding carboxylic acids is 1. The highest BCUT2D eigenvalue weighted by molar-refractivity contribution is 6.06. The van der Waals surface area contributed by atoms with Crippen molar-refractivity contribution in [2.45, 2.75) is 0 Å². The number of carbonyl (C=O) groups is 1. The van der Waals surface area contributed by atoms with Crippen molar-refractivity contribution in [1.82, 2.24) is 0 Å². The van der Waals surface area contributed by atoms with Gasteiger partial charge in [-0.25, -0.2) is 0 Å². The van der Waals surface area contributed by atoms with Crippen LogP contribution in [0.5, 0.6) is 0 Å². The van der Waals surface area contributed by atoms with Gasteiger partial charge < -0.3 is 0 Å². The molecule has 0 aromatic heterocycles. The Kier molecular flexibility index (Phi) is 3.42. The number of rotatable bonds is 3. The van der Waals surface area contributed by atoms with Gasteiger partial charge in [-0.1, -0.05) is 72.8 Å². The molecule has 0 radical (unpaired) electrons. The number of ketones is 1. The van der Waals surface area contributed by atoms with Crippen molar-refractivity contribution in [3.63, 3.8) is 0 Å². The summed E-state index contributed by atoms with van der Waals surface area (Å²) >= 11 is 0. The van der Waals surface area contributed by atoms with Crippen LogP contribution in [0.1, 0.15) is 15.9 Å². The van der Waals surface area contributed by atoms with Gasteiger partial charge in [-0.2, -0.15) is 0 Å². The molecule has 0 saturated carbocycles. The molecule has 0 bridgehead atoms. The Labute approximate surface area is 118 Å². The summed E-state index contributed by atoms with van der Waals surface area (Å²) in [4.78, 5) is 12.0. The zero-order chi connectivity index (χ0) is 13.8. The maximum absolute atomic E-state index is 12.0. The van der Waals surface area contributed by atoms with Crippen LogP contribution in [0, 0.1) is 0 Å². The molecule has 96 valence electrons. The van der Waals surface area contributed by atoms with Gasteiger partial charge in [0.2, 0.25) is 0 Å². The van der Waals surface area contributed by atoms with E-state index < -0.39 is 0 Å². The van der Waals surface area contributed by atoms with E-state index >= 15 is 0 Å². The Morgan fingerprint density at radius 2 is 1.45 bits per heavy atom. The van der Waals surface area contributed by atoms with Gasteiger partial charge in [-0.05, 0) is 28.5 Å². The summed E-state index contributed by atoms with van der Waals surface area (Å²) in [6, 6.07) is 23.7. The summed E-state index contributed by atoms with van der Waals surface area (Å²) in [7, 11) is 0. The second-order valence-electron chi connectivity index (χ2n) is 4.67. The molecule has 1 nitrogen and oxygen atoms in total. The van der Waals surface area contributed by atoms with Crippen LogP contribution in [0.15, 0.2) is 78.9 Å². The molecule has 0 atom stereocenters. The molecule has 1 heteroatoms. The van der Waals surface area contributed by atoms with Gasteiger partial charge >= 0.3 is 0 Å². The third-order valence-corrected chi connectivity index (χ3v) is 3.26. The molecule has 0 aliphatic heterocycles. The van der Waals surface area contributed by atoms with E-state index in [0.717, 1.165) is 5.56 Å². The third-order valence-electron chi connectivity index (χ3n) is 3.26. The first-order valence-corrected chi connectivity index (χ1v) is 6.59. The van der Waals surface area contributed by atoms with Crippen LogP contribution in [-0.4, -0.2) is 5.78 Å². The highest BCUT2D eigenvalue weighted by atomic mass is 16.1. The standard InChI is InChI=1S/C19H14O/c20-19(17-7-2-1-3-8-17)13-11-15-10-12-16-6-4-5-9-18(16)14-15/h1-14H/b13-11-. The van der Waals surface area contributed by atoms with Gasteiger partial charge in [0.25, 0.3) is 0 Å². The maximum Gasteiger partial charge on any atom is 0.185 e. The Morgan fingerprint density at radius 1 is 0.750 bits per heavy atom. The fraction of sp³-hybridized carbons (Fsp3) is 0. The highest BCUT2D eigenvalue weighted by Gasteiger charge is 1.99. The minimum Gasteiger partial charge on any atom is -0.289 e. The number of hydrogen-bond donors (Lipinski definition) is 0. The Bertz CT molecular complexity index is 770. The number of hydrogen-bond acceptors (Lipinski definition) is 1. The molecular formula is C19H14O. The van der Waals surface area contributed by atoms with Crippen molar-refractivity contribution in [3.8, 4) is 0 Å². The fourth-order valence-electron chi connectivity index (χ4n) is 2.18. The van der Waals surface area contributed by atoms with Gasteiger partial charge in [-0.3, -0.25) is 4.79 Å². The third kappa shape index (κ3) is 2.67. The summed E-state index contributed by atoms with van der Waals surface area (Å²) in [5.74, 6) is 0.0266. The van der Waals surface area contributed by atoms with Gasteiger partial charge in [0.05, 0.1) is 0 Å². The van der Waals surface area contributed by atoms with Crippen molar-refractivity contribution >= 4 is 22.6 Å². The van der Waals surface area contributed by atoms with Crippen LogP contribution in [0.2, 0.25) is 0 Å². The minimum absolute atomic E-state index is 0.0266. The van der Waals surface area contributed by atoms with Gasteiger partial charge in [-0.15, -0.1) is 0 Å². The van der Waals surface area contributed by atoms with Crippen LogP contribution in [0.25, 0.3) is 16.8 Å². The monoisotopic (exact) mass is 258 g/mol. The first-order chi connectivity index (χ1) is 9.83. The molecule has 0 heterocycles. The molecule has 0 N–H and O–H groups in total. The number of allylic oxidation sites excluding steroid dienone is 1. The van der Waals surface area contributed by atoms with E-state index in [1.54, 1.807) is 6.08 Å². The molecule has 0 spiro atoms. The van der Waals surface area contributed by atoms with Gasteiger partial charge in [0, 0.05) is 5.56 Å². The second kappa shape index (κ2) is 5.54. The molecule has 20 heavy (non-hydrogen) atoms. The zero-order valence-corrected chi connectivity index (χ0v) is 11.0. The lowest BCUT2D eigenvalue weighted by molar-refractivity contribution is 0.104. The largest absolute Gasteiger partial charge is 0.289 e. The predicted octanol–water partition coefficient (Wildman–Crippen LogP) is 4.74. The SMILES string of the molecule is O=C(/C=C\c1ccc2ccccc2c1)c1ccccc1. The minimum atomic E-state index is 0.0266. The predicted molar refractivity (Wildman–Crippen MR) is 83.8 cm³/mol. The summed E-state index contributed by atoms with van der Waals surface area (Å²) in [6.07, 6.45) is 3.49. The average Bonchev–Trinajstić information content (AvgIpc) is 2.53. The number of fused-ring (bicyclic) bond motifs is 1. The smallest absolute Gasteiger partial charge is 0.185 e. The molecule has 0 unspecified atom stereocenters.